The van der Waals surface area contributed by atoms with Crippen molar-refractivity contribution in [1.29, 1.82) is 0 Å². The van der Waals surface area contributed by atoms with Crippen LogP contribution in [-0.4, -0.2) is 31.2 Å². The summed E-state index contributed by atoms with van der Waals surface area (Å²) >= 11 is 0. The molecule has 1 unspecified atom stereocenters. The highest BCUT2D eigenvalue weighted by Gasteiger charge is 2.18. The maximum absolute atomic E-state index is 11.8. The van der Waals surface area contributed by atoms with Crippen molar-refractivity contribution >= 4 is 17.6 Å². The zero-order valence-corrected chi connectivity index (χ0v) is 10.8. The van der Waals surface area contributed by atoms with Gasteiger partial charge in [-0.1, -0.05) is 0 Å². The number of anilines is 1. The molecule has 5 nitrogen and oxygen atoms in total. The highest BCUT2D eigenvalue weighted by molar-refractivity contribution is 5.92. The Hall–Kier alpha value is -1.88. The van der Waals surface area contributed by atoms with Crippen molar-refractivity contribution in [3.63, 3.8) is 0 Å². The van der Waals surface area contributed by atoms with Crippen LogP contribution in [0.2, 0.25) is 0 Å². The van der Waals surface area contributed by atoms with Gasteiger partial charge in [0.2, 0.25) is 5.91 Å². The van der Waals surface area contributed by atoms with Gasteiger partial charge in [-0.15, -0.1) is 0 Å². The van der Waals surface area contributed by atoms with Crippen LogP contribution in [0.5, 0.6) is 0 Å². The third kappa shape index (κ3) is 4.06. The maximum Gasteiger partial charge on any atom is 0.338 e. The van der Waals surface area contributed by atoms with Crippen LogP contribution in [0.15, 0.2) is 24.3 Å². The predicted molar refractivity (Wildman–Crippen MR) is 70.0 cm³/mol. The SMILES string of the molecule is CC(=O)Nc1ccc(C(=O)OCC2CCCO2)cc1. The lowest BCUT2D eigenvalue weighted by Gasteiger charge is -2.10. The van der Waals surface area contributed by atoms with Crippen molar-refractivity contribution < 1.29 is 19.1 Å². The van der Waals surface area contributed by atoms with E-state index in [9.17, 15) is 9.59 Å². The fourth-order valence-corrected chi connectivity index (χ4v) is 1.92. The van der Waals surface area contributed by atoms with Crippen LogP contribution in [0.25, 0.3) is 0 Å². The molecule has 1 saturated heterocycles. The summed E-state index contributed by atoms with van der Waals surface area (Å²) in [6, 6.07) is 6.60. The lowest BCUT2D eigenvalue weighted by molar-refractivity contribution is -0.114. The minimum absolute atomic E-state index is 0.0302. The Morgan fingerprint density at radius 3 is 2.68 bits per heavy atom. The molecule has 1 aromatic rings. The molecule has 0 spiro atoms. The van der Waals surface area contributed by atoms with Crippen LogP contribution in [-0.2, 0) is 14.3 Å². The summed E-state index contributed by atoms with van der Waals surface area (Å²) in [5.41, 5.74) is 1.12. The van der Waals surface area contributed by atoms with Gasteiger partial charge in [0, 0.05) is 19.2 Å². The van der Waals surface area contributed by atoms with Gasteiger partial charge in [-0.3, -0.25) is 4.79 Å². The van der Waals surface area contributed by atoms with Gasteiger partial charge in [-0.2, -0.15) is 0 Å². The Balaban J connectivity index is 1.86. The maximum atomic E-state index is 11.8. The topological polar surface area (TPSA) is 64.6 Å². The van der Waals surface area contributed by atoms with E-state index in [1.165, 1.54) is 6.92 Å². The minimum atomic E-state index is -0.370. The van der Waals surface area contributed by atoms with E-state index in [-0.39, 0.29) is 18.0 Å². The van der Waals surface area contributed by atoms with Crippen LogP contribution in [0, 0.1) is 0 Å². The molecule has 2 rings (SSSR count). The second kappa shape index (κ2) is 6.33. The third-order valence-corrected chi connectivity index (χ3v) is 2.87. The van der Waals surface area contributed by atoms with Gasteiger partial charge in [-0.25, -0.2) is 4.79 Å². The van der Waals surface area contributed by atoms with Crippen molar-refractivity contribution in [1.82, 2.24) is 0 Å². The monoisotopic (exact) mass is 263 g/mol. The van der Waals surface area contributed by atoms with Crippen molar-refractivity contribution in [2.24, 2.45) is 0 Å². The molecule has 0 aromatic heterocycles. The van der Waals surface area contributed by atoms with E-state index in [0.717, 1.165) is 19.4 Å². The zero-order valence-electron chi connectivity index (χ0n) is 10.8. The van der Waals surface area contributed by atoms with Crippen molar-refractivity contribution in [3.05, 3.63) is 29.8 Å². The molecule has 5 heteroatoms. The van der Waals surface area contributed by atoms with Gasteiger partial charge < -0.3 is 14.8 Å². The van der Waals surface area contributed by atoms with E-state index in [1.54, 1.807) is 24.3 Å². The zero-order chi connectivity index (χ0) is 13.7. The number of hydrogen-bond donors (Lipinski definition) is 1. The normalized spacial score (nSPS) is 18.1. The number of esters is 1. The van der Waals surface area contributed by atoms with Crippen LogP contribution < -0.4 is 5.32 Å². The first kappa shape index (κ1) is 13.5. The van der Waals surface area contributed by atoms with Crippen molar-refractivity contribution in [2.75, 3.05) is 18.5 Å². The first-order valence-corrected chi connectivity index (χ1v) is 6.31. The van der Waals surface area contributed by atoms with Crippen molar-refractivity contribution in [3.8, 4) is 0 Å². The largest absolute Gasteiger partial charge is 0.459 e. The second-order valence-electron chi connectivity index (χ2n) is 4.49. The lowest BCUT2D eigenvalue weighted by atomic mass is 10.2. The van der Waals surface area contributed by atoms with Gasteiger partial charge in [0.15, 0.2) is 0 Å². The number of hydrogen-bond acceptors (Lipinski definition) is 4. The molecule has 1 amide bonds. The molecule has 1 heterocycles. The molecule has 1 atom stereocenters. The smallest absolute Gasteiger partial charge is 0.338 e. The second-order valence-corrected chi connectivity index (χ2v) is 4.49. The molecule has 1 aliphatic heterocycles. The van der Waals surface area contributed by atoms with Gasteiger partial charge in [0.1, 0.15) is 6.61 Å². The summed E-state index contributed by atoms with van der Waals surface area (Å²) in [4.78, 5) is 22.6. The van der Waals surface area contributed by atoms with Crippen LogP contribution in [0.1, 0.15) is 30.1 Å². The Bertz CT molecular complexity index is 449. The van der Waals surface area contributed by atoms with E-state index >= 15 is 0 Å². The number of benzene rings is 1. The molecule has 0 bridgehead atoms. The van der Waals surface area contributed by atoms with Crippen LogP contribution in [0.4, 0.5) is 5.69 Å². The molecule has 1 fully saturated rings. The Kier molecular flexibility index (Phi) is 4.52. The average molecular weight is 263 g/mol. The number of rotatable bonds is 4. The van der Waals surface area contributed by atoms with E-state index in [4.69, 9.17) is 9.47 Å². The molecule has 0 radical (unpaired) electrons. The number of amides is 1. The molecule has 1 aliphatic rings. The molecule has 19 heavy (non-hydrogen) atoms. The van der Waals surface area contributed by atoms with Gasteiger partial charge in [-0.05, 0) is 37.1 Å². The van der Waals surface area contributed by atoms with E-state index in [0.29, 0.717) is 17.9 Å². The molecule has 102 valence electrons. The summed E-state index contributed by atoms with van der Waals surface area (Å²) in [5.74, 6) is -0.515. The highest BCUT2D eigenvalue weighted by Crippen LogP contribution is 2.14. The minimum Gasteiger partial charge on any atom is -0.459 e. The Morgan fingerprint density at radius 2 is 2.11 bits per heavy atom. The number of carbonyl (C=O) groups excluding carboxylic acids is 2. The number of ether oxygens (including phenoxy) is 2. The lowest BCUT2D eigenvalue weighted by Crippen LogP contribution is -2.17. The number of carbonyl (C=O) groups is 2. The molecule has 1 N–H and O–H groups in total. The summed E-state index contributed by atoms with van der Waals surface area (Å²) in [7, 11) is 0. The first-order chi connectivity index (χ1) is 9.15. The van der Waals surface area contributed by atoms with Gasteiger partial charge in [0.05, 0.1) is 11.7 Å². The molecule has 1 aromatic carbocycles. The van der Waals surface area contributed by atoms with E-state index in [1.807, 2.05) is 0 Å². The summed E-state index contributed by atoms with van der Waals surface area (Å²) in [5, 5.41) is 2.64. The standard InChI is InChI=1S/C14H17NO4/c1-10(16)15-12-6-4-11(5-7-12)14(17)19-9-13-3-2-8-18-13/h4-7,13H,2-3,8-9H2,1H3,(H,15,16). The Labute approximate surface area is 111 Å². The summed E-state index contributed by atoms with van der Waals surface area (Å²) in [6.07, 6.45) is 1.99. The highest BCUT2D eigenvalue weighted by atomic mass is 16.6. The third-order valence-electron chi connectivity index (χ3n) is 2.87. The molecular weight excluding hydrogens is 246 g/mol. The summed E-state index contributed by atoms with van der Waals surface area (Å²) < 4.78 is 10.6. The average Bonchev–Trinajstić information content (AvgIpc) is 2.89. The van der Waals surface area contributed by atoms with Gasteiger partial charge in [0.25, 0.3) is 0 Å². The molecule has 0 aliphatic carbocycles. The predicted octanol–water partition coefficient (Wildman–Crippen LogP) is 1.98. The van der Waals surface area contributed by atoms with E-state index < -0.39 is 0 Å². The molecule has 0 saturated carbocycles. The van der Waals surface area contributed by atoms with Crippen molar-refractivity contribution in [2.45, 2.75) is 25.9 Å². The van der Waals surface area contributed by atoms with Crippen LogP contribution >= 0.6 is 0 Å². The quantitative estimate of drug-likeness (QED) is 0.844. The first-order valence-electron chi connectivity index (χ1n) is 6.31. The van der Waals surface area contributed by atoms with Crippen LogP contribution in [0.3, 0.4) is 0 Å². The Morgan fingerprint density at radius 1 is 1.37 bits per heavy atom. The molecular formula is C14H17NO4. The number of nitrogens with one attached hydrogen (secondary N) is 1. The fraction of sp³-hybridized carbons (Fsp3) is 0.429. The summed E-state index contributed by atoms with van der Waals surface area (Å²) in [6.45, 7) is 2.48. The van der Waals surface area contributed by atoms with E-state index in [2.05, 4.69) is 5.32 Å². The van der Waals surface area contributed by atoms with Gasteiger partial charge >= 0.3 is 5.97 Å². The fourth-order valence-electron chi connectivity index (χ4n) is 1.92.